The number of rotatable bonds is 4. The van der Waals surface area contributed by atoms with E-state index in [1.54, 1.807) is 11.1 Å². The van der Waals surface area contributed by atoms with E-state index in [9.17, 15) is 0 Å². The lowest BCUT2D eigenvalue weighted by molar-refractivity contribution is 0.437. The minimum Gasteiger partial charge on any atom is -0.0613 e. The summed E-state index contributed by atoms with van der Waals surface area (Å²) in [5.74, 6) is 0. The van der Waals surface area contributed by atoms with Crippen molar-refractivity contribution in [1.29, 1.82) is 0 Å². The fraction of sp³-hybridized carbons (Fsp3) is 0.243. The quantitative estimate of drug-likeness (QED) is 0.274. The van der Waals surface area contributed by atoms with Crippen LogP contribution >= 0.6 is 0 Å². The van der Waals surface area contributed by atoms with Crippen molar-refractivity contribution in [2.24, 2.45) is 5.41 Å². The van der Waals surface area contributed by atoms with Crippen molar-refractivity contribution in [3.05, 3.63) is 129 Å². The van der Waals surface area contributed by atoms with Gasteiger partial charge in [-0.2, -0.15) is 0 Å². The van der Waals surface area contributed by atoms with Gasteiger partial charge in [0.2, 0.25) is 0 Å². The Bertz CT molecular complexity index is 1440. The molecule has 4 aromatic carbocycles. The van der Waals surface area contributed by atoms with E-state index in [0.717, 1.165) is 12.8 Å². The third-order valence-corrected chi connectivity index (χ3v) is 9.20. The van der Waals surface area contributed by atoms with Gasteiger partial charge in [0.25, 0.3) is 0 Å². The second-order valence-corrected chi connectivity index (χ2v) is 11.5. The number of hydrogen-bond acceptors (Lipinski definition) is 0. The van der Waals surface area contributed by atoms with Gasteiger partial charge in [-0.25, -0.2) is 0 Å². The first-order valence-electron chi connectivity index (χ1n) is 13.9. The molecule has 0 saturated heterocycles. The van der Waals surface area contributed by atoms with Gasteiger partial charge in [-0.3, -0.25) is 0 Å². The molecule has 4 aromatic rings. The van der Waals surface area contributed by atoms with Crippen LogP contribution in [0, 0.1) is 19.3 Å². The first kappa shape index (κ1) is 22.5. The van der Waals surface area contributed by atoms with Crippen LogP contribution in [-0.4, -0.2) is 0 Å². The summed E-state index contributed by atoms with van der Waals surface area (Å²) in [6.45, 7) is 4.33. The lowest BCUT2D eigenvalue weighted by Crippen LogP contribution is -2.22. The van der Waals surface area contributed by atoms with E-state index in [2.05, 4.69) is 111 Å². The average Bonchev–Trinajstić information content (AvgIpc) is 3.67. The zero-order chi connectivity index (χ0) is 25.0. The molecule has 0 bridgehead atoms. The number of hydrogen-bond donors (Lipinski definition) is 0. The van der Waals surface area contributed by atoms with E-state index in [1.165, 1.54) is 81.3 Å². The predicted molar refractivity (Wildman–Crippen MR) is 157 cm³/mol. The maximum absolute atomic E-state index is 2.58. The summed E-state index contributed by atoms with van der Waals surface area (Å²) < 4.78 is 0. The molecule has 0 unspecified atom stereocenters. The molecule has 1 fully saturated rings. The zero-order valence-corrected chi connectivity index (χ0v) is 22.0. The molecular formula is C37H34. The summed E-state index contributed by atoms with van der Waals surface area (Å²) in [5, 5.41) is 0. The fourth-order valence-electron chi connectivity index (χ4n) is 7.15. The van der Waals surface area contributed by atoms with Crippen LogP contribution in [0.3, 0.4) is 0 Å². The fourth-order valence-corrected chi connectivity index (χ4v) is 7.15. The zero-order valence-electron chi connectivity index (χ0n) is 22.0. The molecule has 3 aliphatic carbocycles. The molecule has 0 nitrogen and oxygen atoms in total. The highest BCUT2D eigenvalue weighted by Gasteiger charge is 2.43. The SMILES string of the molecule is Cc1ccc(-c2cccc3c2C=C(C2(C4=Cc5c(cccc5-c5ccc(C)cc5)C4)CCCC2)C3)cc1. The third kappa shape index (κ3) is 3.74. The van der Waals surface area contributed by atoms with Gasteiger partial charge in [-0.1, -0.05) is 132 Å². The number of aryl methyl sites for hydroxylation is 2. The lowest BCUT2D eigenvalue weighted by atomic mass is 9.71. The number of benzene rings is 4. The molecule has 0 amide bonds. The average molecular weight is 479 g/mol. The molecular weight excluding hydrogens is 444 g/mol. The van der Waals surface area contributed by atoms with E-state index in [1.807, 2.05) is 0 Å². The van der Waals surface area contributed by atoms with Gasteiger partial charge >= 0.3 is 0 Å². The van der Waals surface area contributed by atoms with Crippen LogP contribution in [0.25, 0.3) is 34.4 Å². The second kappa shape index (κ2) is 8.73. The third-order valence-electron chi connectivity index (χ3n) is 9.20. The Morgan fingerprint density at radius 1 is 0.514 bits per heavy atom. The summed E-state index contributed by atoms with van der Waals surface area (Å²) >= 11 is 0. The maximum Gasteiger partial charge on any atom is 0.0134 e. The topological polar surface area (TPSA) is 0 Å². The maximum atomic E-state index is 2.58. The number of fused-ring (bicyclic) bond motifs is 2. The molecule has 0 aliphatic heterocycles. The molecule has 0 radical (unpaired) electrons. The van der Waals surface area contributed by atoms with Crippen molar-refractivity contribution in [1.82, 2.24) is 0 Å². The van der Waals surface area contributed by atoms with E-state index in [-0.39, 0.29) is 5.41 Å². The predicted octanol–water partition coefficient (Wildman–Crippen LogP) is 9.78. The highest BCUT2D eigenvalue weighted by atomic mass is 14.5. The normalized spacial score (nSPS) is 17.4. The first-order chi connectivity index (χ1) is 18.1. The van der Waals surface area contributed by atoms with E-state index in [0.29, 0.717) is 0 Å². The highest BCUT2D eigenvalue weighted by Crippen LogP contribution is 2.56. The summed E-state index contributed by atoms with van der Waals surface area (Å²) in [7, 11) is 0. The molecule has 0 heterocycles. The van der Waals surface area contributed by atoms with Crippen molar-refractivity contribution in [2.45, 2.75) is 52.4 Å². The van der Waals surface area contributed by atoms with Crippen LogP contribution in [0.4, 0.5) is 0 Å². The Kier molecular flexibility index (Phi) is 5.32. The van der Waals surface area contributed by atoms with Crippen molar-refractivity contribution < 1.29 is 0 Å². The molecule has 0 N–H and O–H groups in total. The minimum atomic E-state index is 0.202. The van der Waals surface area contributed by atoms with Crippen LogP contribution in [0.15, 0.2) is 96.1 Å². The van der Waals surface area contributed by atoms with Crippen LogP contribution in [0.1, 0.15) is 59.1 Å². The molecule has 37 heavy (non-hydrogen) atoms. The Hall–Kier alpha value is -3.64. The molecule has 7 rings (SSSR count). The standard InChI is InChI=1S/C37H34/c1-25-11-15-27(16-12-25)33-9-5-7-29-21-31(23-35(29)33)37(19-3-4-20-37)32-22-30-8-6-10-34(36(30)24-32)28-17-13-26(2)14-18-28/h5-18,23-24H,3-4,19-22H2,1-2H3. The first-order valence-corrected chi connectivity index (χ1v) is 13.9. The van der Waals surface area contributed by atoms with Crippen LogP contribution in [-0.2, 0) is 12.8 Å². The Morgan fingerprint density at radius 3 is 1.38 bits per heavy atom. The smallest absolute Gasteiger partial charge is 0.0134 e. The van der Waals surface area contributed by atoms with Crippen molar-refractivity contribution in [2.75, 3.05) is 0 Å². The van der Waals surface area contributed by atoms with Gasteiger partial charge < -0.3 is 0 Å². The molecule has 0 atom stereocenters. The molecule has 0 aromatic heterocycles. The monoisotopic (exact) mass is 478 g/mol. The summed E-state index contributed by atoms with van der Waals surface area (Å²) in [4.78, 5) is 0. The Labute approximate surface area is 221 Å². The van der Waals surface area contributed by atoms with Crippen LogP contribution < -0.4 is 0 Å². The van der Waals surface area contributed by atoms with Gasteiger partial charge in [0.15, 0.2) is 0 Å². The lowest BCUT2D eigenvalue weighted by Gasteiger charge is -2.33. The van der Waals surface area contributed by atoms with Gasteiger partial charge in [0, 0.05) is 5.41 Å². The summed E-state index contributed by atoms with van der Waals surface area (Å²) in [6.07, 6.45) is 12.6. The molecule has 182 valence electrons. The van der Waals surface area contributed by atoms with E-state index in [4.69, 9.17) is 0 Å². The second-order valence-electron chi connectivity index (χ2n) is 11.5. The summed E-state index contributed by atoms with van der Waals surface area (Å²) in [6, 6.07) is 31.9. The van der Waals surface area contributed by atoms with Crippen LogP contribution in [0.5, 0.6) is 0 Å². The van der Waals surface area contributed by atoms with Crippen molar-refractivity contribution in [3.63, 3.8) is 0 Å². The largest absolute Gasteiger partial charge is 0.0613 e. The summed E-state index contributed by atoms with van der Waals surface area (Å²) in [5.41, 5.74) is 17.4. The molecule has 1 saturated carbocycles. The Morgan fingerprint density at radius 2 is 0.946 bits per heavy atom. The van der Waals surface area contributed by atoms with Crippen LogP contribution in [0.2, 0.25) is 0 Å². The van der Waals surface area contributed by atoms with Gasteiger partial charge in [0.05, 0.1) is 0 Å². The van der Waals surface area contributed by atoms with E-state index >= 15 is 0 Å². The molecule has 3 aliphatic rings. The molecule has 0 spiro atoms. The van der Waals surface area contributed by atoms with Gasteiger partial charge in [0.1, 0.15) is 0 Å². The van der Waals surface area contributed by atoms with E-state index < -0.39 is 0 Å². The van der Waals surface area contributed by atoms with Crippen molar-refractivity contribution >= 4 is 12.2 Å². The van der Waals surface area contributed by atoms with Gasteiger partial charge in [-0.05, 0) is 84.0 Å². The Balaban J connectivity index is 1.30. The number of allylic oxidation sites excluding steroid dienone is 2. The van der Waals surface area contributed by atoms with Crippen molar-refractivity contribution in [3.8, 4) is 22.3 Å². The molecule has 0 heteroatoms. The highest BCUT2D eigenvalue weighted by molar-refractivity contribution is 5.84. The minimum absolute atomic E-state index is 0.202. The van der Waals surface area contributed by atoms with Gasteiger partial charge in [-0.15, -0.1) is 0 Å².